The summed E-state index contributed by atoms with van der Waals surface area (Å²) in [5.41, 5.74) is 0.598. The normalized spacial score (nSPS) is 11.4. The third kappa shape index (κ3) is 3.52. The van der Waals surface area contributed by atoms with Gasteiger partial charge in [0.2, 0.25) is 4.77 Å². The second-order valence-electron chi connectivity index (χ2n) is 4.93. The van der Waals surface area contributed by atoms with Crippen LogP contribution in [0.3, 0.4) is 0 Å². The molecule has 124 valence electrons. The van der Waals surface area contributed by atoms with Gasteiger partial charge in [-0.15, -0.1) is 0 Å². The summed E-state index contributed by atoms with van der Waals surface area (Å²) in [7, 11) is 2.99. The van der Waals surface area contributed by atoms with Gasteiger partial charge in [0.25, 0.3) is 0 Å². The monoisotopic (exact) mass is 374 g/mol. The Morgan fingerprint density at radius 3 is 2.52 bits per heavy atom. The summed E-state index contributed by atoms with van der Waals surface area (Å²) in [6.45, 7) is 4.00. The molecule has 1 N–H and O–H groups in total. The summed E-state index contributed by atoms with van der Waals surface area (Å²) in [5.74, 6) is 1.64. The number of aromatic nitrogens is 3. The smallest absolute Gasteiger partial charge is 0.216 e. The van der Waals surface area contributed by atoms with Gasteiger partial charge in [0, 0.05) is 11.5 Å². The number of H-pyrrole nitrogens is 1. The maximum atomic E-state index is 6.25. The molecule has 0 atom stereocenters. The van der Waals surface area contributed by atoms with Gasteiger partial charge in [-0.2, -0.15) is 14.9 Å². The van der Waals surface area contributed by atoms with Crippen molar-refractivity contribution in [3.63, 3.8) is 0 Å². The van der Waals surface area contributed by atoms with Gasteiger partial charge in [-0.3, -0.25) is 5.10 Å². The summed E-state index contributed by atoms with van der Waals surface area (Å²) in [5, 5.41) is 11.9. The van der Waals surface area contributed by atoms with Crippen LogP contribution in [0.15, 0.2) is 11.2 Å². The Balaban J connectivity index is 2.53. The Kier molecular flexibility index (Phi) is 5.67. The molecule has 0 aliphatic heterocycles. The van der Waals surface area contributed by atoms with E-state index in [1.165, 1.54) is 14.2 Å². The predicted octanol–water partition coefficient (Wildman–Crippen LogP) is 4.27. The van der Waals surface area contributed by atoms with E-state index in [-0.39, 0.29) is 10.9 Å². The van der Waals surface area contributed by atoms with Crippen LogP contribution in [-0.2, 0) is 0 Å². The maximum Gasteiger partial charge on any atom is 0.216 e. The molecule has 0 amide bonds. The van der Waals surface area contributed by atoms with Crippen molar-refractivity contribution >= 4 is 41.6 Å². The quantitative estimate of drug-likeness (QED) is 0.626. The van der Waals surface area contributed by atoms with E-state index in [0.717, 1.165) is 5.82 Å². The number of methoxy groups -OCH3 is 2. The number of nitrogens with one attached hydrogen (secondary N) is 1. The molecule has 0 radical (unpaired) electrons. The Morgan fingerprint density at radius 1 is 1.30 bits per heavy atom. The van der Waals surface area contributed by atoms with Crippen LogP contribution in [0.1, 0.15) is 31.2 Å². The van der Waals surface area contributed by atoms with E-state index in [0.29, 0.717) is 26.9 Å². The lowest BCUT2D eigenvalue weighted by atomic mass is 10.2. The zero-order valence-corrected chi connectivity index (χ0v) is 15.4. The molecular weight excluding hydrogens is 359 g/mol. The molecule has 0 saturated carbocycles. The molecule has 6 nitrogen and oxygen atoms in total. The minimum atomic E-state index is 0.157. The molecule has 23 heavy (non-hydrogen) atoms. The van der Waals surface area contributed by atoms with Crippen LogP contribution in [-0.4, -0.2) is 35.3 Å². The number of hydrogen-bond acceptors (Lipinski definition) is 5. The fourth-order valence-corrected chi connectivity index (χ4v) is 2.89. The van der Waals surface area contributed by atoms with Crippen molar-refractivity contribution in [1.29, 1.82) is 0 Å². The van der Waals surface area contributed by atoms with Gasteiger partial charge in [-0.25, -0.2) is 0 Å². The second kappa shape index (κ2) is 7.33. The number of aromatic amines is 1. The lowest BCUT2D eigenvalue weighted by Crippen LogP contribution is -2.02. The lowest BCUT2D eigenvalue weighted by molar-refractivity contribution is 0.394. The molecule has 0 spiro atoms. The van der Waals surface area contributed by atoms with Crippen molar-refractivity contribution in [3.05, 3.63) is 32.3 Å². The van der Waals surface area contributed by atoms with Gasteiger partial charge >= 0.3 is 0 Å². The Morgan fingerprint density at radius 2 is 1.96 bits per heavy atom. The summed E-state index contributed by atoms with van der Waals surface area (Å²) < 4.78 is 12.4. The maximum absolute atomic E-state index is 6.25. The van der Waals surface area contributed by atoms with Crippen LogP contribution in [0.5, 0.6) is 11.5 Å². The van der Waals surface area contributed by atoms with Crippen LogP contribution in [0, 0.1) is 4.77 Å². The van der Waals surface area contributed by atoms with Crippen molar-refractivity contribution in [3.8, 4) is 11.5 Å². The summed E-state index contributed by atoms with van der Waals surface area (Å²) in [6, 6.07) is 1.66. The molecule has 0 unspecified atom stereocenters. The highest BCUT2D eigenvalue weighted by Crippen LogP contribution is 2.41. The highest BCUT2D eigenvalue weighted by molar-refractivity contribution is 7.71. The molecule has 9 heteroatoms. The predicted molar refractivity (Wildman–Crippen MR) is 94.1 cm³/mol. The van der Waals surface area contributed by atoms with Gasteiger partial charge in [0.05, 0.1) is 25.5 Å². The van der Waals surface area contributed by atoms with Gasteiger partial charge in [0.15, 0.2) is 11.6 Å². The Bertz CT molecular complexity index is 799. The van der Waals surface area contributed by atoms with E-state index in [1.54, 1.807) is 17.0 Å². The fraction of sp³-hybridized carbons (Fsp3) is 0.357. The number of rotatable bonds is 5. The largest absolute Gasteiger partial charge is 0.494 e. The Hall–Kier alpha value is -1.57. The molecule has 0 fully saturated rings. The van der Waals surface area contributed by atoms with Crippen molar-refractivity contribution in [2.75, 3.05) is 14.2 Å². The van der Waals surface area contributed by atoms with E-state index in [9.17, 15) is 0 Å². The number of nitrogens with zero attached hydrogens (tertiary/aromatic N) is 3. The van der Waals surface area contributed by atoms with Gasteiger partial charge in [0.1, 0.15) is 10.8 Å². The van der Waals surface area contributed by atoms with Crippen LogP contribution in [0.2, 0.25) is 10.0 Å². The van der Waals surface area contributed by atoms with Crippen molar-refractivity contribution in [1.82, 2.24) is 14.9 Å². The number of hydrogen-bond donors (Lipinski definition) is 1. The van der Waals surface area contributed by atoms with Crippen molar-refractivity contribution < 1.29 is 9.47 Å². The summed E-state index contributed by atoms with van der Waals surface area (Å²) in [4.78, 5) is 0. The average molecular weight is 375 g/mol. The third-order valence-electron chi connectivity index (χ3n) is 3.07. The first-order chi connectivity index (χ1) is 10.9. The van der Waals surface area contributed by atoms with E-state index >= 15 is 0 Å². The molecule has 0 aliphatic rings. The summed E-state index contributed by atoms with van der Waals surface area (Å²) in [6.07, 6.45) is 1.56. The average Bonchev–Trinajstić information content (AvgIpc) is 2.86. The first kappa shape index (κ1) is 17.8. The molecule has 0 bridgehead atoms. The van der Waals surface area contributed by atoms with Crippen LogP contribution in [0.25, 0.3) is 0 Å². The van der Waals surface area contributed by atoms with Crippen LogP contribution in [0.4, 0.5) is 0 Å². The third-order valence-corrected chi connectivity index (χ3v) is 3.96. The van der Waals surface area contributed by atoms with Gasteiger partial charge < -0.3 is 9.47 Å². The number of benzene rings is 1. The standard InChI is InChI=1S/C14H16Cl2N4O2S/c1-7(2)13-18-19-14(23)20(13)17-6-8-5-9(15)12(22-4)10(16)11(8)21-3/h5-7H,1-4H3,(H,19,23)/b17-6-. The zero-order chi connectivity index (χ0) is 17.1. The molecule has 1 aromatic heterocycles. The number of ether oxygens (including phenoxy) is 2. The lowest BCUT2D eigenvalue weighted by Gasteiger charge is -2.12. The van der Waals surface area contributed by atoms with E-state index in [4.69, 9.17) is 44.9 Å². The van der Waals surface area contributed by atoms with Crippen molar-refractivity contribution in [2.45, 2.75) is 19.8 Å². The highest BCUT2D eigenvalue weighted by Gasteiger charge is 2.17. The minimum absolute atomic E-state index is 0.157. The topological polar surface area (TPSA) is 64.4 Å². The first-order valence-corrected chi connectivity index (χ1v) is 7.88. The minimum Gasteiger partial charge on any atom is -0.494 e. The van der Waals surface area contributed by atoms with Crippen LogP contribution < -0.4 is 9.47 Å². The summed E-state index contributed by atoms with van der Waals surface area (Å²) >= 11 is 17.6. The molecular formula is C14H16Cl2N4O2S. The van der Waals surface area contributed by atoms with E-state index in [1.807, 2.05) is 13.8 Å². The molecule has 1 heterocycles. The molecule has 2 aromatic rings. The number of halogens is 2. The fourth-order valence-electron chi connectivity index (χ4n) is 2.00. The highest BCUT2D eigenvalue weighted by atomic mass is 35.5. The van der Waals surface area contributed by atoms with E-state index in [2.05, 4.69) is 15.3 Å². The zero-order valence-electron chi connectivity index (χ0n) is 13.1. The molecule has 0 saturated heterocycles. The second-order valence-corrected chi connectivity index (χ2v) is 6.10. The molecule has 2 rings (SSSR count). The van der Waals surface area contributed by atoms with Crippen molar-refractivity contribution in [2.24, 2.45) is 5.10 Å². The van der Waals surface area contributed by atoms with E-state index < -0.39 is 0 Å². The first-order valence-electron chi connectivity index (χ1n) is 6.72. The molecule has 1 aromatic carbocycles. The van der Waals surface area contributed by atoms with Crippen LogP contribution >= 0.6 is 35.4 Å². The SMILES string of the molecule is COc1c(Cl)cc(/C=N\n2c(C(C)C)n[nH]c2=S)c(OC)c1Cl. The molecule has 0 aliphatic carbocycles. The van der Waals surface area contributed by atoms with Gasteiger partial charge in [-0.05, 0) is 18.3 Å². The Labute approximate surface area is 149 Å². The van der Waals surface area contributed by atoms with Gasteiger partial charge in [-0.1, -0.05) is 37.0 Å².